The summed E-state index contributed by atoms with van der Waals surface area (Å²) in [6.07, 6.45) is 0. The Labute approximate surface area is 91.8 Å². The second kappa shape index (κ2) is 2.98. The van der Waals surface area contributed by atoms with Crippen LogP contribution >= 0.6 is 0 Å². The standard InChI is InChI=1S/C13H9Se/c14-13-11-7-3-1-5-9(11)10-6-2-4-8-12(10)13/h1-8,13H/q+1. The van der Waals surface area contributed by atoms with Crippen LogP contribution in [0.25, 0.3) is 11.1 Å². The van der Waals surface area contributed by atoms with E-state index in [0.717, 1.165) is 0 Å². The average Bonchev–Trinajstić information content (AvgIpc) is 2.55. The fraction of sp³-hybridized carbons (Fsp3) is 0.0769. The van der Waals surface area contributed by atoms with E-state index in [9.17, 15) is 0 Å². The summed E-state index contributed by atoms with van der Waals surface area (Å²) >= 11 is 3.25. The summed E-state index contributed by atoms with van der Waals surface area (Å²) in [5.74, 6) is 0. The summed E-state index contributed by atoms with van der Waals surface area (Å²) in [4.78, 5) is 0.433. The van der Waals surface area contributed by atoms with Crippen LogP contribution in [0.3, 0.4) is 0 Å². The van der Waals surface area contributed by atoms with Gasteiger partial charge in [-0.3, -0.25) is 0 Å². The van der Waals surface area contributed by atoms with Crippen molar-refractivity contribution in [3.05, 3.63) is 59.7 Å². The molecule has 0 atom stereocenters. The Kier molecular flexibility index (Phi) is 1.76. The first kappa shape index (κ1) is 8.28. The van der Waals surface area contributed by atoms with E-state index in [0.29, 0.717) is 4.82 Å². The second-order valence-corrected chi connectivity index (χ2v) is 4.54. The molecule has 0 fully saturated rings. The fourth-order valence-corrected chi connectivity index (χ4v) is 2.97. The van der Waals surface area contributed by atoms with Gasteiger partial charge in [0.15, 0.2) is 0 Å². The van der Waals surface area contributed by atoms with Crippen molar-refractivity contribution in [1.29, 1.82) is 0 Å². The van der Waals surface area contributed by atoms with E-state index in [1.165, 1.54) is 22.3 Å². The van der Waals surface area contributed by atoms with Crippen molar-refractivity contribution in [3.8, 4) is 11.1 Å². The molecule has 0 unspecified atom stereocenters. The maximum absolute atomic E-state index is 3.25. The monoisotopic (exact) mass is 245 g/mol. The predicted octanol–water partition coefficient (Wildman–Crippen LogP) is 2.92. The molecule has 0 aliphatic heterocycles. The molecule has 0 saturated heterocycles. The van der Waals surface area contributed by atoms with Crippen molar-refractivity contribution in [3.63, 3.8) is 0 Å². The molecule has 0 nitrogen and oxygen atoms in total. The molecule has 14 heavy (non-hydrogen) atoms. The van der Waals surface area contributed by atoms with Gasteiger partial charge in [-0.05, 0) is 0 Å². The van der Waals surface area contributed by atoms with Crippen molar-refractivity contribution in [2.45, 2.75) is 4.82 Å². The molecule has 3 rings (SSSR count). The number of hydrogen-bond acceptors (Lipinski definition) is 0. The first-order valence-electron chi connectivity index (χ1n) is 4.72. The number of rotatable bonds is 0. The van der Waals surface area contributed by atoms with Gasteiger partial charge in [-0.25, -0.2) is 0 Å². The van der Waals surface area contributed by atoms with E-state index >= 15 is 0 Å². The van der Waals surface area contributed by atoms with Gasteiger partial charge in [0.1, 0.15) is 0 Å². The van der Waals surface area contributed by atoms with Gasteiger partial charge in [0, 0.05) is 0 Å². The van der Waals surface area contributed by atoms with Crippen LogP contribution in [-0.2, 0) is 0 Å². The van der Waals surface area contributed by atoms with Crippen molar-refractivity contribution < 1.29 is 0 Å². The Bertz CT molecular complexity index is 443. The van der Waals surface area contributed by atoms with E-state index < -0.39 is 0 Å². The van der Waals surface area contributed by atoms with Crippen LogP contribution < -0.4 is 0 Å². The molecule has 0 amide bonds. The third-order valence-corrected chi connectivity index (χ3v) is 3.84. The molecule has 2 radical (unpaired) electrons. The zero-order valence-electron chi connectivity index (χ0n) is 7.60. The molecule has 0 bridgehead atoms. The normalized spacial score (nSPS) is 13.8. The van der Waals surface area contributed by atoms with E-state index in [1.54, 1.807) is 0 Å². The van der Waals surface area contributed by atoms with Crippen LogP contribution in [0.1, 0.15) is 15.9 Å². The average molecular weight is 244 g/mol. The van der Waals surface area contributed by atoms with Crippen LogP contribution in [0.5, 0.6) is 0 Å². The van der Waals surface area contributed by atoms with Gasteiger partial charge in [0.2, 0.25) is 0 Å². The number of hydrogen-bond donors (Lipinski definition) is 0. The molecule has 0 saturated carbocycles. The Morgan fingerprint density at radius 3 is 1.64 bits per heavy atom. The second-order valence-electron chi connectivity index (χ2n) is 3.55. The Hall–Kier alpha value is -1.04. The van der Waals surface area contributed by atoms with Crippen molar-refractivity contribution in [2.75, 3.05) is 0 Å². The first-order chi connectivity index (χ1) is 6.88. The van der Waals surface area contributed by atoms with Crippen molar-refractivity contribution >= 4 is 16.0 Å². The molecule has 1 heteroatoms. The minimum atomic E-state index is 0.433. The fourth-order valence-electron chi connectivity index (χ4n) is 2.11. The molecule has 66 valence electrons. The molecule has 0 heterocycles. The maximum atomic E-state index is 3.25. The molecule has 0 aromatic heterocycles. The van der Waals surface area contributed by atoms with Gasteiger partial charge in [0.05, 0.1) is 0 Å². The summed E-state index contributed by atoms with van der Waals surface area (Å²) < 4.78 is 0. The summed E-state index contributed by atoms with van der Waals surface area (Å²) in [6.45, 7) is 0. The summed E-state index contributed by atoms with van der Waals surface area (Å²) in [5.41, 5.74) is 5.58. The van der Waals surface area contributed by atoms with Crippen LogP contribution in [-0.4, -0.2) is 16.0 Å². The van der Waals surface area contributed by atoms with Crippen molar-refractivity contribution in [2.24, 2.45) is 0 Å². The predicted molar refractivity (Wildman–Crippen MR) is 59.5 cm³/mol. The number of fused-ring (bicyclic) bond motifs is 3. The quantitative estimate of drug-likeness (QED) is 0.625. The SMILES string of the molecule is [Se+]C1c2ccccc2-c2ccccc21. The zero-order valence-corrected chi connectivity index (χ0v) is 9.32. The van der Waals surface area contributed by atoms with Crippen LogP contribution in [0.2, 0.25) is 0 Å². The molecule has 1 aliphatic rings. The minimum absolute atomic E-state index is 0.433. The third-order valence-electron chi connectivity index (χ3n) is 2.78. The summed E-state index contributed by atoms with van der Waals surface area (Å²) in [7, 11) is 0. The van der Waals surface area contributed by atoms with E-state index in [2.05, 4.69) is 64.5 Å². The van der Waals surface area contributed by atoms with E-state index in [1.807, 2.05) is 0 Å². The molecular weight excluding hydrogens is 235 g/mol. The van der Waals surface area contributed by atoms with Gasteiger partial charge in [0.25, 0.3) is 0 Å². The molecule has 0 spiro atoms. The molecule has 2 aromatic rings. The van der Waals surface area contributed by atoms with E-state index in [4.69, 9.17) is 0 Å². The Morgan fingerprint density at radius 1 is 0.714 bits per heavy atom. The molecule has 0 N–H and O–H groups in total. The summed E-state index contributed by atoms with van der Waals surface area (Å²) in [5, 5.41) is 0. The molecule has 1 aliphatic carbocycles. The summed E-state index contributed by atoms with van der Waals surface area (Å²) in [6, 6.07) is 17.2. The molecule has 2 aromatic carbocycles. The third kappa shape index (κ3) is 1.00. The Morgan fingerprint density at radius 2 is 1.14 bits per heavy atom. The van der Waals surface area contributed by atoms with Crippen LogP contribution in [0, 0.1) is 0 Å². The van der Waals surface area contributed by atoms with Crippen LogP contribution in [0.4, 0.5) is 0 Å². The topological polar surface area (TPSA) is 0 Å². The molecular formula is C13H9Se+. The van der Waals surface area contributed by atoms with E-state index in [-0.39, 0.29) is 0 Å². The van der Waals surface area contributed by atoms with Gasteiger partial charge in [-0.2, -0.15) is 0 Å². The van der Waals surface area contributed by atoms with Gasteiger partial charge < -0.3 is 0 Å². The zero-order chi connectivity index (χ0) is 9.54. The Balaban J connectivity index is 2.36. The van der Waals surface area contributed by atoms with Gasteiger partial charge in [-0.1, -0.05) is 0 Å². The van der Waals surface area contributed by atoms with Gasteiger partial charge in [-0.15, -0.1) is 0 Å². The van der Waals surface area contributed by atoms with Crippen LogP contribution in [0.15, 0.2) is 48.5 Å². The number of benzene rings is 2. The first-order valence-corrected chi connectivity index (χ1v) is 5.71. The van der Waals surface area contributed by atoms with Crippen molar-refractivity contribution in [1.82, 2.24) is 0 Å². The van der Waals surface area contributed by atoms with Gasteiger partial charge >= 0.3 is 91.6 Å².